The van der Waals surface area contributed by atoms with Gasteiger partial charge in [0.15, 0.2) is 11.5 Å². The summed E-state index contributed by atoms with van der Waals surface area (Å²) >= 11 is 0. The molecule has 4 heterocycles. The van der Waals surface area contributed by atoms with Crippen molar-refractivity contribution in [1.82, 2.24) is 14.9 Å². The number of nitrogens with zero attached hydrogens (tertiary/aromatic N) is 3. The van der Waals surface area contributed by atoms with Gasteiger partial charge < -0.3 is 9.47 Å². The van der Waals surface area contributed by atoms with Gasteiger partial charge in [-0.1, -0.05) is 36.4 Å². The molecule has 0 amide bonds. The molecule has 0 unspecified atom stereocenters. The number of rotatable bonds is 3. The van der Waals surface area contributed by atoms with E-state index in [1.165, 1.54) is 16.8 Å². The highest BCUT2D eigenvalue weighted by molar-refractivity contribution is 5.94. The molecule has 0 bridgehead atoms. The molecule has 0 atom stereocenters. The summed E-state index contributed by atoms with van der Waals surface area (Å²) in [5, 5.41) is 0. The van der Waals surface area contributed by atoms with Crippen LogP contribution in [0, 0.1) is 0 Å². The minimum atomic E-state index is 0.275. The van der Waals surface area contributed by atoms with Gasteiger partial charge in [0.1, 0.15) is 0 Å². The highest BCUT2D eigenvalue weighted by atomic mass is 16.7. The van der Waals surface area contributed by atoms with Crippen LogP contribution >= 0.6 is 0 Å². The molecule has 0 saturated heterocycles. The molecule has 0 fully saturated rings. The Balaban J connectivity index is 1.47. The predicted octanol–water partition coefficient (Wildman–Crippen LogP) is 4.58. The third-order valence-electron chi connectivity index (χ3n) is 5.89. The van der Waals surface area contributed by atoms with Crippen LogP contribution in [0.15, 0.2) is 66.9 Å². The summed E-state index contributed by atoms with van der Waals surface area (Å²) in [5.41, 5.74) is 7.92. The molecule has 4 aromatic rings. The number of benzene rings is 2. The number of hydrogen-bond acceptors (Lipinski definition) is 5. The number of hydrogen-bond donors (Lipinski definition) is 0. The summed E-state index contributed by atoms with van der Waals surface area (Å²) in [4.78, 5) is 12.2. The molecule has 0 aliphatic carbocycles. The van der Waals surface area contributed by atoms with Gasteiger partial charge in [-0.05, 0) is 41.0 Å². The van der Waals surface area contributed by atoms with Gasteiger partial charge >= 0.3 is 0 Å². The topological polar surface area (TPSA) is 47.5 Å². The van der Waals surface area contributed by atoms with Crippen molar-refractivity contribution in [3.8, 4) is 22.6 Å². The van der Waals surface area contributed by atoms with Crippen molar-refractivity contribution in [3.05, 3.63) is 83.7 Å². The zero-order chi connectivity index (χ0) is 19.9. The average molecular weight is 395 g/mol. The van der Waals surface area contributed by atoms with Crippen LogP contribution in [0.2, 0.25) is 0 Å². The van der Waals surface area contributed by atoms with Gasteiger partial charge in [0.2, 0.25) is 6.79 Å². The van der Waals surface area contributed by atoms with Crippen molar-refractivity contribution in [3.63, 3.8) is 0 Å². The van der Waals surface area contributed by atoms with Gasteiger partial charge in [-0.25, -0.2) is 0 Å². The van der Waals surface area contributed by atoms with Gasteiger partial charge in [-0.15, -0.1) is 0 Å². The lowest BCUT2D eigenvalue weighted by molar-refractivity contribution is 0.174. The first-order valence-corrected chi connectivity index (χ1v) is 10.3. The standard InChI is InChI=1S/C25H21N3O2/c1-2-5-17(6-3-1)14-28-12-10-20-19(15-28)24(25-21(27-20)7-4-11-26-25)18-8-9-22-23(13-18)30-16-29-22/h1-9,11,13H,10,12,14-16H2. The quantitative estimate of drug-likeness (QED) is 0.508. The van der Waals surface area contributed by atoms with Crippen LogP contribution < -0.4 is 9.47 Å². The molecule has 5 heteroatoms. The zero-order valence-electron chi connectivity index (χ0n) is 16.5. The van der Waals surface area contributed by atoms with Crippen molar-refractivity contribution in [2.75, 3.05) is 13.3 Å². The lowest BCUT2D eigenvalue weighted by Gasteiger charge is -2.30. The van der Waals surface area contributed by atoms with Gasteiger partial charge in [0.25, 0.3) is 0 Å². The first-order valence-electron chi connectivity index (χ1n) is 10.3. The van der Waals surface area contributed by atoms with Crippen LogP contribution in [-0.4, -0.2) is 28.2 Å². The normalized spacial score (nSPS) is 15.3. The van der Waals surface area contributed by atoms with E-state index in [0.29, 0.717) is 0 Å². The van der Waals surface area contributed by atoms with Crippen LogP contribution in [-0.2, 0) is 19.5 Å². The Labute approximate surface area is 174 Å². The van der Waals surface area contributed by atoms with E-state index < -0.39 is 0 Å². The average Bonchev–Trinajstić information content (AvgIpc) is 3.26. The van der Waals surface area contributed by atoms with Crippen LogP contribution in [0.3, 0.4) is 0 Å². The summed E-state index contributed by atoms with van der Waals surface area (Å²) in [6.45, 7) is 3.06. The van der Waals surface area contributed by atoms with Crippen LogP contribution in [0.25, 0.3) is 22.2 Å². The summed E-state index contributed by atoms with van der Waals surface area (Å²) in [6.07, 6.45) is 2.78. The van der Waals surface area contributed by atoms with E-state index in [9.17, 15) is 0 Å². The van der Waals surface area contributed by atoms with Crippen LogP contribution in [0.5, 0.6) is 11.5 Å². The van der Waals surface area contributed by atoms with Gasteiger partial charge in [0, 0.05) is 43.5 Å². The smallest absolute Gasteiger partial charge is 0.231 e. The maximum absolute atomic E-state index is 5.65. The molecule has 5 nitrogen and oxygen atoms in total. The van der Waals surface area contributed by atoms with Crippen molar-refractivity contribution in [2.24, 2.45) is 0 Å². The fraction of sp³-hybridized carbons (Fsp3) is 0.200. The molecule has 2 aromatic heterocycles. The van der Waals surface area contributed by atoms with E-state index in [1.807, 2.05) is 18.3 Å². The minimum absolute atomic E-state index is 0.275. The van der Waals surface area contributed by atoms with E-state index in [1.54, 1.807) is 0 Å². The Morgan fingerprint density at radius 2 is 1.83 bits per heavy atom. The minimum Gasteiger partial charge on any atom is -0.454 e. The van der Waals surface area contributed by atoms with Gasteiger partial charge in [0.05, 0.1) is 11.0 Å². The number of pyridine rings is 2. The Kier molecular flexibility index (Phi) is 4.13. The Morgan fingerprint density at radius 1 is 0.933 bits per heavy atom. The fourth-order valence-electron chi connectivity index (χ4n) is 4.46. The maximum atomic E-state index is 5.65. The fourth-order valence-corrected chi connectivity index (χ4v) is 4.46. The molecule has 148 valence electrons. The molecule has 2 aliphatic rings. The second-order valence-corrected chi connectivity index (χ2v) is 7.80. The summed E-state index contributed by atoms with van der Waals surface area (Å²) in [6, 6.07) is 20.8. The first kappa shape index (κ1) is 17.4. The summed E-state index contributed by atoms with van der Waals surface area (Å²) < 4.78 is 11.2. The van der Waals surface area contributed by atoms with E-state index in [2.05, 4.69) is 53.4 Å². The molecular formula is C25H21N3O2. The second kappa shape index (κ2) is 7.11. The predicted molar refractivity (Wildman–Crippen MR) is 115 cm³/mol. The maximum Gasteiger partial charge on any atom is 0.231 e. The van der Waals surface area contributed by atoms with Crippen molar-refractivity contribution in [2.45, 2.75) is 19.5 Å². The van der Waals surface area contributed by atoms with Crippen molar-refractivity contribution >= 4 is 11.0 Å². The van der Waals surface area contributed by atoms with Crippen LogP contribution in [0.1, 0.15) is 16.8 Å². The van der Waals surface area contributed by atoms with Crippen LogP contribution in [0.4, 0.5) is 0 Å². The number of fused-ring (bicyclic) bond motifs is 3. The molecule has 30 heavy (non-hydrogen) atoms. The zero-order valence-corrected chi connectivity index (χ0v) is 16.5. The monoisotopic (exact) mass is 395 g/mol. The highest BCUT2D eigenvalue weighted by Crippen LogP contribution is 2.40. The van der Waals surface area contributed by atoms with Gasteiger partial charge in [-0.3, -0.25) is 14.9 Å². The molecule has 2 aliphatic heterocycles. The molecule has 6 rings (SSSR count). The Bertz CT molecular complexity index is 1240. The SMILES string of the molecule is c1ccc(CN2CCc3nc4cccnc4c(-c4ccc5c(c4)OCO5)c3C2)cc1. The summed E-state index contributed by atoms with van der Waals surface area (Å²) in [7, 11) is 0. The molecule has 0 spiro atoms. The van der Waals surface area contributed by atoms with E-state index in [0.717, 1.165) is 59.7 Å². The molecule has 0 saturated carbocycles. The summed E-state index contributed by atoms with van der Waals surface area (Å²) in [5.74, 6) is 1.59. The second-order valence-electron chi connectivity index (χ2n) is 7.80. The molecule has 0 radical (unpaired) electrons. The third-order valence-corrected chi connectivity index (χ3v) is 5.89. The van der Waals surface area contributed by atoms with Gasteiger partial charge in [-0.2, -0.15) is 0 Å². The Morgan fingerprint density at radius 3 is 2.77 bits per heavy atom. The van der Waals surface area contributed by atoms with E-state index in [4.69, 9.17) is 19.4 Å². The van der Waals surface area contributed by atoms with E-state index >= 15 is 0 Å². The molecular weight excluding hydrogens is 374 g/mol. The first-order chi connectivity index (χ1) is 14.8. The highest BCUT2D eigenvalue weighted by Gasteiger charge is 2.25. The van der Waals surface area contributed by atoms with Crippen molar-refractivity contribution < 1.29 is 9.47 Å². The number of aromatic nitrogens is 2. The molecule has 0 N–H and O–H groups in total. The van der Waals surface area contributed by atoms with Crippen molar-refractivity contribution in [1.29, 1.82) is 0 Å². The lowest BCUT2D eigenvalue weighted by atomic mass is 9.92. The number of ether oxygens (including phenoxy) is 2. The Hall–Kier alpha value is -3.44. The third kappa shape index (κ3) is 2.99. The lowest BCUT2D eigenvalue weighted by Crippen LogP contribution is -2.31. The molecule has 2 aromatic carbocycles. The van der Waals surface area contributed by atoms with E-state index in [-0.39, 0.29) is 6.79 Å². The largest absolute Gasteiger partial charge is 0.454 e.